The van der Waals surface area contributed by atoms with Gasteiger partial charge < -0.3 is 5.32 Å². The van der Waals surface area contributed by atoms with E-state index in [0.717, 1.165) is 12.5 Å². The second-order valence-corrected chi connectivity index (χ2v) is 6.81. The predicted molar refractivity (Wildman–Crippen MR) is 69.8 cm³/mol. The van der Waals surface area contributed by atoms with Gasteiger partial charge in [0, 0.05) is 23.9 Å². The fraction of sp³-hybridized carbons (Fsp3) is 0.769. The summed E-state index contributed by atoms with van der Waals surface area (Å²) in [4.78, 5) is 4.68. The maximum atomic E-state index is 4.68. The molecule has 0 spiro atoms. The van der Waals surface area contributed by atoms with E-state index in [2.05, 4.69) is 43.4 Å². The van der Waals surface area contributed by atoms with Crippen molar-refractivity contribution in [2.45, 2.75) is 59.0 Å². The van der Waals surface area contributed by atoms with E-state index in [0.29, 0.717) is 11.5 Å². The van der Waals surface area contributed by atoms with Crippen LogP contribution in [0.1, 0.15) is 57.2 Å². The SMILES string of the molecule is CC(NCc1csc(C2CC2)n1)C(C)(C)C. The molecule has 1 aliphatic carbocycles. The van der Waals surface area contributed by atoms with Crippen LogP contribution in [0.25, 0.3) is 0 Å². The van der Waals surface area contributed by atoms with E-state index >= 15 is 0 Å². The first kappa shape index (κ1) is 12.1. The average molecular weight is 238 g/mol. The second kappa shape index (κ2) is 4.46. The minimum absolute atomic E-state index is 0.315. The molecular formula is C13H22N2S. The van der Waals surface area contributed by atoms with Crippen molar-refractivity contribution in [2.24, 2.45) is 5.41 Å². The molecule has 0 aliphatic heterocycles. The Kier molecular flexibility index (Phi) is 3.36. The summed E-state index contributed by atoms with van der Waals surface area (Å²) in [7, 11) is 0. The Labute approximate surface area is 102 Å². The van der Waals surface area contributed by atoms with Crippen LogP contribution >= 0.6 is 11.3 Å². The van der Waals surface area contributed by atoms with Crippen LogP contribution in [0.2, 0.25) is 0 Å². The van der Waals surface area contributed by atoms with Crippen molar-refractivity contribution in [3.8, 4) is 0 Å². The molecule has 0 amide bonds. The van der Waals surface area contributed by atoms with Crippen molar-refractivity contribution in [3.63, 3.8) is 0 Å². The molecule has 1 unspecified atom stereocenters. The highest BCUT2D eigenvalue weighted by atomic mass is 32.1. The summed E-state index contributed by atoms with van der Waals surface area (Å²) >= 11 is 1.83. The van der Waals surface area contributed by atoms with Gasteiger partial charge in [-0.2, -0.15) is 0 Å². The monoisotopic (exact) mass is 238 g/mol. The summed E-state index contributed by atoms with van der Waals surface area (Å²) in [6.07, 6.45) is 2.69. The molecule has 1 aromatic rings. The fourth-order valence-electron chi connectivity index (χ4n) is 1.49. The number of hydrogen-bond donors (Lipinski definition) is 1. The second-order valence-electron chi connectivity index (χ2n) is 5.92. The number of hydrogen-bond acceptors (Lipinski definition) is 3. The van der Waals surface area contributed by atoms with Gasteiger partial charge >= 0.3 is 0 Å². The van der Waals surface area contributed by atoms with E-state index in [1.165, 1.54) is 23.5 Å². The topological polar surface area (TPSA) is 24.9 Å². The van der Waals surface area contributed by atoms with Crippen LogP contribution in [0.4, 0.5) is 0 Å². The molecule has 1 N–H and O–H groups in total. The smallest absolute Gasteiger partial charge is 0.0959 e. The summed E-state index contributed by atoms with van der Waals surface area (Å²) in [5.74, 6) is 0.791. The Morgan fingerprint density at radius 1 is 1.50 bits per heavy atom. The van der Waals surface area contributed by atoms with Gasteiger partial charge in [0.05, 0.1) is 10.7 Å². The van der Waals surface area contributed by atoms with Crippen LogP contribution in [-0.2, 0) is 6.54 Å². The van der Waals surface area contributed by atoms with Crippen molar-refractivity contribution >= 4 is 11.3 Å². The van der Waals surface area contributed by atoms with Gasteiger partial charge in [0.2, 0.25) is 0 Å². The fourth-order valence-corrected chi connectivity index (χ4v) is 2.48. The van der Waals surface area contributed by atoms with Gasteiger partial charge in [-0.25, -0.2) is 4.98 Å². The molecule has 16 heavy (non-hydrogen) atoms. The minimum Gasteiger partial charge on any atom is -0.308 e. The third kappa shape index (κ3) is 3.05. The van der Waals surface area contributed by atoms with Crippen molar-refractivity contribution in [1.29, 1.82) is 0 Å². The highest BCUT2D eigenvalue weighted by Gasteiger charge is 2.26. The van der Waals surface area contributed by atoms with Gasteiger partial charge in [-0.3, -0.25) is 0 Å². The normalized spacial score (nSPS) is 18.8. The molecule has 1 aliphatic rings. The van der Waals surface area contributed by atoms with Crippen LogP contribution in [-0.4, -0.2) is 11.0 Å². The van der Waals surface area contributed by atoms with Gasteiger partial charge in [-0.05, 0) is 25.2 Å². The summed E-state index contributed by atoms with van der Waals surface area (Å²) in [5.41, 5.74) is 1.53. The summed E-state index contributed by atoms with van der Waals surface area (Å²) in [6.45, 7) is 9.94. The summed E-state index contributed by atoms with van der Waals surface area (Å²) in [5, 5.41) is 7.11. The Morgan fingerprint density at radius 3 is 2.75 bits per heavy atom. The third-order valence-electron chi connectivity index (χ3n) is 3.38. The molecule has 0 radical (unpaired) electrons. The zero-order valence-corrected chi connectivity index (χ0v) is 11.5. The van der Waals surface area contributed by atoms with Gasteiger partial charge in [-0.15, -0.1) is 11.3 Å². The molecule has 2 nitrogen and oxygen atoms in total. The maximum Gasteiger partial charge on any atom is 0.0959 e. The number of nitrogens with zero attached hydrogens (tertiary/aromatic N) is 1. The van der Waals surface area contributed by atoms with Gasteiger partial charge in [0.25, 0.3) is 0 Å². The first-order valence-electron chi connectivity index (χ1n) is 6.14. The van der Waals surface area contributed by atoms with Crippen molar-refractivity contribution in [1.82, 2.24) is 10.3 Å². The lowest BCUT2D eigenvalue weighted by Gasteiger charge is -2.27. The number of nitrogens with one attached hydrogen (secondary N) is 1. The van der Waals surface area contributed by atoms with E-state index in [9.17, 15) is 0 Å². The molecule has 0 bridgehead atoms. The highest BCUT2D eigenvalue weighted by molar-refractivity contribution is 7.09. The van der Waals surface area contributed by atoms with Crippen LogP contribution < -0.4 is 5.32 Å². The first-order chi connectivity index (χ1) is 7.47. The predicted octanol–water partition coefficient (Wildman–Crippen LogP) is 3.54. The van der Waals surface area contributed by atoms with E-state index < -0.39 is 0 Å². The largest absolute Gasteiger partial charge is 0.308 e. The first-order valence-corrected chi connectivity index (χ1v) is 7.02. The zero-order valence-electron chi connectivity index (χ0n) is 10.7. The molecule has 1 fully saturated rings. The van der Waals surface area contributed by atoms with Crippen LogP contribution in [0.5, 0.6) is 0 Å². The quantitative estimate of drug-likeness (QED) is 0.868. The minimum atomic E-state index is 0.315. The van der Waals surface area contributed by atoms with Gasteiger partial charge in [0.15, 0.2) is 0 Å². The zero-order chi connectivity index (χ0) is 11.8. The van der Waals surface area contributed by atoms with Crippen molar-refractivity contribution in [2.75, 3.05) is 0 Å². The average Bonchev–Trinajstić information content (AvgIpc) is 2.94. The molecule has 0 saturated heterocycles. The molecule has 1 aromatic heterocycles. The molecular weight excluding hydrogens is 216 g/mol. The molecule has 1 saturated carbocycles. The summed E-state index contributed by atoms with van der Waals surface area (Å²) in [6, 6.07) is 0.513. The number of aromatic nitrogens is 1. The maximum absolute atomic E-state index is 4.68. The van der Waals surface area contributed by atoms with Crippen LogP contribution in [0.15, 0.2) is 5.38 Å². The van der Waals surface area contributed by atoms with E-state index in [4.69, 9.17) is 0 Å². The van der Waals surface area contributed by atoms with Gasteiger partial charge in [0.1, 0.15) is 0 Å². The molecule has 90 valence electrons. The van der Waals surface area contributed by atoms with Crippen molar-refractivity contribution < 1.29 is 0 Å². The molecule has 1 heterocycles. The molecule has 0 aromatic carbocycles. The van der Waals surface area contributed by atoms with Crippen molar-refractivity contribution in [3.05, 3.63) is 16.1 Å². The van der Waals surface area contributed by atoms with E-state index in [1.807, 2.05) is 11.3 Å². The lowest BCUT2D eigenvalue weighted by atomic mass is 9.88. The molecule has 2 rings (SSSR count). The summed E-state index contributed by atoms with van der Waals surface area (Å²) < 4.78 is 0. The number of rotatable bonds is 4. The Bertz CT molecular complexity index is 347. The lowest BCUT2D eigenvalue weighted by molar-refractivity contribution is 0.284. The van der Waals surface area contributed by atoms with Crippen LogP contribution in [0.3, 0.4) is 0 Å². The lowest BCUT2D eigenvalue weighted by Crippen LogP contribution is -2.37. The Morgan fingerprint density at radius 2 is 2.19 bits per heavy atom. The Hall–Kier alpha value is -0.410. The molecule has 3 heteroatoms. The standard InChI is InChI=1S/C13H22N2S/c1-9(13(2,3)4)14-7-11-8-16-12(15-11)10-5-6-10/h8-10,14H,5-7H2,1-4H3. The van der Waals surface area contributed by atoms with E-state index in [1.54, 1.807) is 0 Å². The Balaban J connectivity index is 1.84. The van der Waals surface area contributed by atoms with E-state index in [-0.39, 0.29) is 0 Å². The van der Waals surface area contributed by atoms with Crippen LogP contribution in [0, 0.1) is 5.41 Å². The van der Waals surface area contributed by atoms with Gasteiger partial charge in [-0.1, -0.05) is 20.8 Å². The highest BCUT2D eigenvalue weighted by Crippen LogP contribution is 2.41. The molecule has 1 atom stereocenters. The third-order valence-corrected chi connectivity index (χ3v) is 4.44. The number of thiazole rings is 1.